The maximum atomic E-state index is 6.45. The minimum atomic E-state index is -0.152. The van der Waals surface area contributed by atoms with Crippen LogP contribution in [-0.2, 0) is 20.7 Å². The Morgan fingerprint density at radius 3 is 2.03 bits per heavy atom. The summed E-state index contributed by atoms with van der Waals surface area (Å²) in [6, 6.07) is 21.9. The van der Waals surface area contributed by atoms with E-state index in [2.05, 4.69) is 123 Å². The minimum absolute atomic E-state index is 0.00939. The van der Waals surface area contributed by atoms with Crippen molar-refractivity contribution in [1.82, 2.24) is 0 Å². The van der Waals surface area contributed by atoms with Crippen LogP contribution in [0.5, 0.6) is 5.75 Å². The van der Waals surface area contributed by atoms with E-state index in [1.165, 1.54) is 33.1 Å². The van der Waals surface area contributed by atoms with Crippen molar-refractivity contribution in [2.45, 2.75) is 84.7 Å². The predicted molar refractivity (Wildman–Crippen MR) is 171 cm³/mol. The van der Waals surface area contributed by atoms with Gasteiger partial charge >= 0.3 is 0 Å². The highest BCUT2D eigenvalue weighted by atomic mass is 31.1. The topological polar surface area (TPSA) is 30.8 Å². The van der Waals surface area contributed by atoms with E-state index in [-0.39, 0.29) is 22.8 Å². The maximum Gasteiger partial charge on any atom is 0.188 e. The molecule has 0 fully saturated rings. The first-order valence-corrected chi connectivity index (χ1v) is 15.0. The molecule has 0 aliphatic carbocycles. The highest BCUT2D eigenvalue weighted by Gasteiger charge is 2.35. The summed E-state index contributed by atoms with van der Waals surface area (Å²) in [5.74, 6) is 0.969. The lowest BCUT2D eigenvalue weighted by atomic mass is 9.77. The van der Waals surface area contributed by atoms with Crippen molar-refractivity contribution in [3.8, 4) is 5.75 Å². The lowest BCUT2D eigenvalue weighted by molar-refractivity contribution is 0.0486. The lowest BCUT2D eigenvalue weighted by Gasteiger charge is -2.37. The summed E-state index contributed by atoms with van der Waals surface area (Å²) in [7, 11) is 4.11. The van der Waals surface area contributed by atoms with Crippen LogP contribution in [0.25, 0.3) is 0 Å². The first-order chi connectivity index (χ1) is 18.3. The van der Waals surface area contributed by atoms with Gasteiger partial charge in [0, 0.05) is 41.6 Å². The van der Waals surface area contributed by atoms with Crippen molar-refractivity contribution < 1.29 is 9.47 Å². The molecule has 39 heavy (non-hydrogen) atoms. The predicted octanol–water partition coefficient (Wildman–Crippen LogP) is 8.67. The summed E-state index contributed by atoms with van der Waals surface area (Å²) in [4.78, 5) is 4.79. The molecule has 210 valence electrons. The molecule has 0 saturated heterocycles. The number of methoxy groups -OCH3 is 1. The summed E-state index contributed by atoms with van der Waals surface area (Å²) < 4.78 is 11.9. The fourth-order valence-electron chi connectivity index (χ4n) is 4.96. The van der Waals surface area contributed by atoms with Gasteiger partial charge in [-0.05, 0) is 40.6 Å². The SMILES string of the molecule is CCC(C)(Pc1c(C)cccc1/C(=N/C)c1ccccc1)c1cc(C(C)(C)C)cc(C(C)(C)C)c1OCOC. The van der Waals surface area contributed by atoms with E-state index in [0.29, 0.717) is 8.58 Å². The largest absolute Gasteiger partial charge is 0.467 e. The molecule has 4 heteroatoms. The van der Waals surface area contributed by atoms with E-state index in [9.17, 15) is 0 Å². The molecule has 0 amide bonds. The van der Waals surface area contributed by atoms with Gasteiger partial charge in [0.2, 0.25) is 0 Å². The number of ether oxygens (including phenoxy) is 2. The molecular weight excluding hydrogens is 497 g/mol. The van der Waals surface area contributed by atoms with Crippen LogP contribution in [0.15, 0.2) is 65.7 Å². The number of benzene rings is 3. The van der Waals surface area contributed by atoms with Crippen LogP contribution in [-0.4, -0.2) is 26.7 Å². The number of hydrogen-bond acceptors (Lipinski definition) is 3. The van der Waals surface area contributed by atoms with Gasteiger partial charge in [0.1, 0.15) is 5.75 Å². The molecule has 0 bridgehead atoms. The molecule has 2 unspecified atom stereocenters. The van der Waals surface area contributed by atoms with Gasteiger partial charge in [-0.25, -0.2) is 0 Å². The van der Waals surface area contributed by atoms with E-state index in [1.54, 1.807) is 7.11 Å². The van der Waals surface area contributed by atoms with Gasteiger partial charge in [-0.1, -0.05) is 125 Å². The van der Waals surface area contributed by atoms with Gasteiger partial charge in [-0.3, -0.25) is 4.99 Å². The zero-order valence-corrected chi connectivity index (χ0v) is 27.0. The molecule has 0 spiro atoms. The summed E-state index contributed by atoms with van der Waals surface area (Å²) in [6.45, 7) is 20.9. The number of nitrogens with zero attached hydrogens (tertiary/aromatic N) is 1. The molecule has 0 saturated carbocycles. The molecule has 0 N–H and O–H groups in total. The summed E-state index contributed by atoms with van der Waals surface area (Å²) in [5, 5.41) is 1.21. The second-order valence-electron chi connectivity index (χ2n) is 12.7. The Labute approximate surface area is 239 Å². The molecular formula is C35H48NO2P. The summed E-state index contributed by atoms with van der Waals surface area (Å²) in [6.07, 6.45) is 0.976. The highest BCUT2D eigenvalue weighted by Crippen LogP contribution is 2.51. The van der Waals surface area contributed by atoms with Crippen LogP contribution in [0.1, 0.15) is 95.2 Å². The number of rotatable bonds is 9. The van der Waals surface area contributed by atoms with E-state index in [1.807, 2.05) is 7.05 Å². The third kappa shape index (κ3) is 7.00. The maximum absolute atomic E-state index is 6.45. The van der Waals surface area contributed by atoms with Crippen molar-refractivity contribution in [3.05, 3.63) is 94.0 Å². The van der Waals surface area contributed by atoms with Gasteiger partial charge < -0.3 is 9.47 Å². The number of aryl methyl sites for hydroxylation is 1. The third-order valence-electron chi connectivity index (χ3n) is 7.59. The Balaban J connectivity index is 2.30. The Morgan fingerprint density at radius 2 is 1.49 bits per heavy atom. The average molecular weight is 546 g/mol. The molecule has 2 atom stereocenters. The molecule has 3 aromatic rings. The quantitative estimate of drug-likeness (QED) is 0.153. The molecule has 3 aromatic carbocycles. The number of hydrogen-bond donors (Lipinski definition) is 0. The minimum Gasteiger partial charge on any atom is -0.467 e. The molecule has 0 radical (unpaired) electrons. The van der Waals surface area contributed by atoms with Crippen molar-refractivity contribution in [2.75, 3.05) is 21.0 Å². The molecule has 0 aromatic heterocycles. The normalized spacial score (nSPS) is 14.6. The van der Waals surface area contributed by atoms with Crippen LogP contribution in [0.3, 0.4) is 0 Å². The van der Waals surface area contributed by atoms with Gasteiger partial charge in [0.15, 0.2) is 6.79 Å². The Morgan fingerprint density at radius 1 is 0.846 bits per heavy atom. The first-order valence-electron chi connectivity index (χ1n) is 14.0. The fraction of sp³-hybridized carbons (Fsp3) is 0.457. The zero-order chi connectivity index (χ0) is 29.0. The lowest BCUT2D eigenvalue weighted by Crippen LogP contribution is -2.27. The summed E-state index contributed by atoms with van der Waals surface area (Å²) in [5.41, 5.74) is 8.45. The van der Waals surface area contributed by atoms with E-state index in [4.69, 9.17) is 14.5 Å². The first kappa shape index (κ1) is 31.1. The van der Waals surface area contributed by atoms with Crippen LogP contribution in [0.4, 0.5) is 0 Å². The molecule has 3 nitrogen and oxygen atoms in total. The summed E-state index contributed by atoms with van der Waals surface area (Å²) >= 11 is 0. The van der Waals surface area contributed by atoms with Gasteiger partial charge in [-0.2, -0.15) is 0 Å². The monoisotopic (exact) mass is 545 g/mol. The Hall–Kier alpha value is -2.48. The van der Waals surface area contributed by atoms with Crippen molar-refractivity contribution in [3.63, 3.8) is 0 Å². The number of aliphatic imine (C=N–C) groups is 1. The molecule has 0 heterocycles. The zero-order valence-electron chi connectivity index (χ0n) is 26.0. The molecule has 3 rings (SSSR count). The van der Waals surface area contributed by atoms with E-state index >= 15 is 0 Å². The highest BCUT2D eigenvalue weighted by molar-refractivity contribution is 7.49. The second kappa shape index (κ2) is 12.4. The Kier molecular flexibility index (Phi) is 9.84. The van der Waals surface area contributed by atoms with E-state index in [0.717, 1.165) is 23.4 Å². The van der Waals surface area contributed by atoms with Gasteiger partial charge in [0.25, 0.3) is 0 Å². The fourth-order valence-corrected chi connectivity index (χ4v) is 6.62. The van der Waals surface area contributed by atoms with Crippen molar-refractivity contribution >= 4 is 19.6 Å². The smallest absolute Gasteiger partial charge is 0.188 e. The Bertz CT molecular complexity index is 1300. The van der Waals surface area contributed by atoms with Crippen molar-refractivity contribution in [1.29, 1.82) is 0 Å². The molecule has 0 aliphatic heterocycles. The van der Waals surface area contributed by atoms with Crippen LogP contribution < -0.4 is 10.0 Å². The molecule has 0 aliphatic rings. The van der Waals surface area contributed by atoms with E-state index < -0.39 is 0 Å². The second-order valence-corrected chi connectivity index (χ2v) is 14.6. The van der Waals surface area contributed by atoms with Gasteiger partial charge in [0.05, 0.1) is 5.71 Å². The van der Waals surface area contributed by atoms with Crippen LogP contribution >= 0.6 is 8.58 Å². The van der Waals surface area contributed by atoms with Gasteiger partial charge in [-0.15, -0.1) is 0 Å². The van der Waals surface area contributed by atoms with Crippen LogP contribution in [0.2, 0.25) is 0 Å². The third-order valence-corrected chi connectivity index (χ3v) is 9.67. The van der Waals surface area contributed by atoms with Crippen molar-refractivity contribution in [2.24, 2.45) is 4.99 Å². The van der Waals surface area contributed by atoms with Crippen LogP contribution in [0, 0.1) is 6.92 Å². The standard InChI is InChI=1S/C35H48NO2P/c1-12-35(9,29-22-26(33(3,4)5)21-28(34(6,7)8)31(29)38-23-37-11)39-32-24(2)17-16-20-27(32)30(36-10)25-18-14-13-15-19-25/h13-22,39H,12,23H2,1-11H3/b36-30+. The average Bonchev–Trinajstić information content (AvgIpc) is 2.88.